The average molecular weight is 286 g/mol. The molecule has 2 aromatic rings. The van der Waals surface area contributed by atoms with Gasteiger partial charge in [-0.2, -0.15) is 0 Å². The third-order valence-corrected chi connectivity index (χ3v) is 4.00. The van der Waals surface area contributed by atoms with Gasteiger partial charge in [0.25, 0.3) is 0 Å². The molecule has 0 amide bonds. The molecule has 0 spiro atoms. The molecule has 0 saturated heterocycles. The van der Waals surface area contributed by atoms with E-state index in [4.69, 9.17) is 5.11 Å². The Morgan fingerprint density at radius 3 is 2.75 bits per heavy atom. The normalized spacial score (nSPS) is 9.95. The van der Waals surface area contributed by atoms with Gasteiger partial charge in [0.1, 0.15) is 12.4 Å². The smallest absolute Gasteiger partial charge is 0.124 e. The molecule has 0 aliphatic carbocycles. The van der Waals surface area contributed by atoms with Crippen molar-refractivity contribution in [3.8, 4) is 11.8 Å². The lowest BCUT2D eigenvalue weighted by molar-refractivity contribution is 0.350. The van der Waals surface area contributed by atoms with E-state index >= 15 is 0 Å². The largest absolute Gasteiger partial charge is 0.384 e. The fourth-order valence-electron chi connectivity index (χ4n) is 1.83. The Morgan fingerprint density at radius 1 is 1.20 bits per heavy atom. The van der Waals surface area contributed by atoms with E-state index in [1.807, 2.05) is 18.2 Å². The van der Waals surface area contributed by atoms with Crippen LogP contribution in [0.5, 0.6) is 0 Å². The van der Waals surface area contributed by atoms with Crippen LogP contribution in [0.15, 0.2) is 47.4 Å². The van der Waals surface area contributed by atoms with Gasteiger partial charge in [-0.1, -0.05) is 30.0 Å². The third-order valence-electron chi connectivity index (χ3n) is 2.76. The van der Waals surface area contributed by atoms with Crippen LogP contribution in [0, 0.1) is 24.6 Å². The molecule has 1 nitrogen and oxygen atoms in total. The SMILES string of the molecule is Cc1ccccc1SCc1cc(F)cc(C#CCO)c1. The lowest BCUT2D eigenvalue weighted by atomic mass is 10.1. The first-order valence-electron chi connectivity index (χ1n) is 6.26. The van der Waals surface area contributed by atoms with Crippen molar-refractivity contribution < 1.29 is 9.50 Å². The molecular formula is C17H15FOS. The van der Waals surface area contributed by atoms with Gasteiger partial charge in [-0.15, -0.1) is 11.8 Å². The first-order chi connectivity index (χ1) is 9.69. The van der Waals surface area contributed by atoms with E-state index in [1.165, 1.54) is 22.6 Å². The molecule has 20 heavy (non-hydrogen) atoms. The van der Waals surface area contributed by atoms with Gasteiger partial charge < -0.3 is 5.11 Å². The van der Waals surface area contributed by atoms with E-state index in [1.54, 1.807) is 11.8 Å². The highest BCUT2D eigenvalue weighted by Gasteiger charge is 2.02. The standard InChI is InChI=1S/C17H15FOS/c1-13-5-2-3-7-17(13)20-12-15-9-14(6-4-8-19)10-16(18)11-15/h2-3,5,7,9-11,19H,8,12H2,1H3. The first kappa shape index (κ1) is 14.6. The molecule has 102 valence electrons. The quantitative estimate of drug-likeness (QED) is 0.684. The Balaban J connectivity index is 2.13. The van der Waals surface area contributed by atoms with E-state index in [0.29, 0.717) is 11.3 Å². The van der Waals surface area contributed by atoms with E-state index in [9.17, 15) is 4.39 Å². The second-order valence-corrected chi connectivity index (χ2v) is 5.38. The summed E-state index contributed by atoms with van der Waals surface area (Å²) in [5, 5.41) is 8.68. The number of halogens is 1. The summed E-state index contributed by atoms with van der Waals surface area (Å²) in [6, 6.07) is 12.9. The highest BCUT2D eigenvalue weighted by Crippen LogP contribution is 2.26. The third kappa shape index (κ3) is 4.12. The van der Waals surface area contributed by atoms with E-state index in [-0.39, 0.29) is 12.4 Å². The molecule has 0 aliphatic rings. The Kier molecular flexibility index (Phi) is 5.23. The van der Waals surface area contributed by atoms with Gasteiger partial charge in [0.15, 0.2) is 0 Å². The Morgan fingerprint density at radius 2 is 2.00 bits per heavy atom. The summed E-state index contributed by atoms with van der Waals surface area (Å²) in [6.07, 6.45) is 0. The molecule has 0 unspecified atom stereocenters. The van der Waals surface area contributed by atoms with Crippen molar-refractivity contribution in [1.82, 2.24) is 0 Å². The molecular weight excluding hydrogens is 271 g/mol. The summed E-state index contributed by atoms with van der Waals surface area (Å²) in [7, 11) is 0. The molecule has 2 rings (SSSR count). The van der Waals surface area contributed by atoms with Gasteiger partial charge >= 0.3 is 0 Å². The molecule has 0 saturated carbocycles. The summed E-state index contributed by atoms with van der Waals surface area (Å²) < 4.78 is 13.5. The zero-order valence-corrected chi connectivity index (χ0v) is 12.0. The number of aliphatic hydroxyl groups excluding tert-OH is 1. The van der Waals surface area contributed by atoms with Crippen molar-refractivity contribution in [2.75, 3.05) is 6.61 Å². The molecule has 1 N–H and O–H groups in total. The minimum absolute atomic E-state index is 0.218. The Bertz CT molecular complexity index is 656. The van der Waals surface area contributed by atoms with Crippen molar-refractivity contribution in [1.29, 1.82) is 0 Å². The van der Waals surface area contributed by atoms with Crippen LogP contribution in [0.3, 0.4) is 0 Å². The molecule has 0 radical (unpaired) electrons. The lowest BCUT2D eigenvalue weighted by Gasteiger charge is -2.06. The van der Waals surface area contributed by atoms with E-state index < -0.39 is 0 Å². The monoisotopic (exact) mass is 286 g/mol. The predicted octanol–water partition coefficient (Wildman–Crippen LogP) is 3.77. The summed E-state index contributed by atoms with van der Waals surface area (Å²) in [4.78, 5) is 1.19. The summed E-state index contributed by atoms with van der Waals surface area (Å²) in [6.45, 7) is 1.84. The second-order valence-electron chi connectivity index (χ2n) is 4.36. The number of aryl methyl sites for hydroxylation is 1. The minimum Gasteiger partial charge on any atom is -0.384 e. The zero-order valence-electron chi connectivity index (χ0n) is 11.2. The lowest BCUT2D eigenvalue weighted by Crippen LogP contribution is -1.88. The molecule has 0 atom stereocenters. The fraction of sp³-hybridized carbons (Fsp3) is 0.176. The van der Waals surface area contributed by atoms with Crippen LogP contribution in [0.2, 0.25) is 0 Å². The molecule has 3 heteroatoms. The van der Waals surface area contributed by atoms with Crippen molar-refractivity contribution in [2.45, 2.75) is 17.6 Å². The first-order valence-corrected chi connectivity index (χ1v) is 7.25. The van der Waals surface area contributed by atoms with Crippen LogP contribution in [0.1, 0.15) is 16.7 Å². The molecule has 0 bridgehead atoms. The van der Waals surface area contributed by atoms with Crippen molar-refractivity contribution in [2.24, 2.45) is 0 Å². The van der Waals surface area contributed by atoms with Gasteiger partial charge in [0.2, 0.25) is 0 Å². The summed E-state index contributed by atoms with van der Waals surface area (Å²) in [5.74, 6) is 5.66. The number of rotatable bonds is 3. The molecule has 2 aromatic carbocycles. The van der Waals surface area contributed by atoms with Crippen LogP contribution in [-0.4, -0.2) is 11.7 Å². The number of hydrogen-bond donors (Lipinski definition) is 1. The molecule has 0 aliphatic heterocycles. The van der Waals surface area contributed by atoms with E-state index in [2.05, 4.69) is 30.9 Å². The number of benzene rings is 2. The summed E-state index contributed by atoms with van der Waals surface area (Å²) >= 11 is 1.68. The van der Waals surface area contributed by atoms with Gasteiger partial charge in [0, 0.05) is 16.2 Å². The van der Waals surface area contributed by atoms with Crippen LogP contribution in [0.25, 0.3) is 0 Å². The van der Waals surface area contributed by atoms with Crippen LogP contribution in [0.4, 0.5) is 4.39 Å². The van der Waals surface area contributed by atoms with Crippen molar-refractivity contribution in [3.05, 3.63) is 65.0 Å². The Labute approximate surface area is 122 Å². The highest BCUT2D eigenvalue weighted by atomic mass is 32.2. The topological polar surface area (TPSA) is 20.2 Å². The van der Waals surface area contributed by atoms with Crippen LogP contribution in [-0.2, 0) is 5.75 Å². The predicted molar refractivity (Wildman–Crippen MR) is 81.1 cm³/mol. The van der Waals surface area contributed by atoms with Gasteiger partial charge in [-0.05, 0) is 42.3 Å². The number of hydrogen-bond acceptors (Lipinski definition) is 2. The van der Waals surface area contributed by atoms with Gasteiger partial charge in [0.05, 0.1) is 0 Å². The van der Waals surface area contributed by atoms with Gasteiger partial charge in [-0.3, -0.25) is 0 Å². The number of aliphatic hydroxyl groups is 1. The Hall–Kier alpha value is -1.76. The fourth-order valence-corrected chi connectivity index (χ4v) is 2.79. The van der Waals surface area contributed by atoms with Gasteiger partial charge in [-0.25, -0.2) is 4.39 Å². The number of thioether (sulfide) groups is 1. The van der Waals surface area contributed by atoms with Crippen LogP contribution >= 0.6 is 11.8 Å². The molecule has 0 aromatic heterocycles. The van der Waals surface area contributed by atoms with Crippen molar-refractivity contribution in [3.63, 3.8) is 0 Å². The average Bonchev–Trinajstić information content (AvgIpc) is 2.44. The maximum absolute atomic E-state index is 13.5. The molecule has 0 heterocycles. The summed E-state index contributed by atoms with van der Waals surface area (Å²) in [5.41, 5.74) is 2.70. The zero-order chi connectivity index (χ0) is 14.4. The second kappa shape index (κ2) is 7.14. The minimum atomic E-state index is -0.296. The highest BCUT2D eigenvalue weighted by molar-refractivity contribution is 7.98. The molecule has 0 fully saturated rings. The maximum atomic E-state index is 13.5. The van der Waals surface area contributed by atoms with Crippen molar-refractivity contribution >= 4 is 11.8 Å². The van der Waals surface area contributed by atoms with E-state index in [0.717, 1.165) is 5.56 Å². The van der Waals surface area contributed by atoms with Crippen LogP contribution < -0.4 is 0 Å². The maximum Gasteiger partial charge on any atom is 0.124 e.